The molecule has 1 aliphatic rings. The Kier molecular flexibility index (Phi) is 4.35. The average molecular weight is 252 g/mol. The molecule has 1 saturated heterocycles. The van der Waals surface area contributed by atoms with E-state index in [0.717, 1.165) is 38.3 Å². The number of nitrogens with one attached hydrogen (secondary N) is 1. The largest absolute Gasteiger partial charge is 0.381 e. The second-order valence-electron chi connectivity index (χ2n) is 5.75. The number of rotatable bonds is 5. The van der Waals surface area contributed by atoms with Crippen molar-refractivity contribution in [1.82, 2.24) is 20.3 Å². The lowest BCUT2D eigenvalue weighted by atomic mass is 9.78. The summed E-state index contributed by atoms with van der Waals surface area (Å²) in [5.74, 6) is 0. The second-order valence-corrected chi connectivity index (χ2v) is 5.75. The third-order valence-electron chi connectivity index (χ3n) is 3.50. The van der Waals surface area contributed by atoms with Gasteiger partial charge in [-0.3, -0.25) is 4.68 Å². The van der Waals surface area contributed by atoms with Crippen LogP contribution in [0.4, 0.5) is 0 Å². The van der Waals surface area contributed by atoms with E-state index in [4.69, 9.17) is 4.74 Å². The first-order chi connectivity index (χ1) is 8.60. The minimum atomic E-state index is 0.179. The Morgan fingerprint density at radius 2 is 2.39 bits per heavy atom. The fraction of sp³-hybridized carbons (Fsp3) is 0.846. The highest BCUT2D eigenvalue weighted by Crippen LogP contribution is 2.31. The number of aryl methyl sites for hydroxylation is 1. The summed E-state index contributed by atoms with van der Waals surface area (Å²) in [6.45, 7) is 7.06. The van der Waals surface area contributed by atoms with Crippen LogP contribution in [-0.2, 0) is 18.2 Å². The molecule has 0 radical (unpaired) electrons. The molecule has 0 aromatic carbocycles. The Morgan fingerprint density at radius 3 is 2.94 bits per heavy atom. The maximum absolute atomic E-state index is 5.70. The number of hydrogen-bond acceptors (Lipinski definition) is 4. The maximum Gasteiger partial charge on any atom is 0.0833 e. The van der Waals surface area contributed by atoms with Gasteiger partial charge in [0, 0.05) is 44.3 Å². The van der Waals surface area contributed by atoms with E-state index >= 15 is 0 Å². The molecule has 102 valence electrons. The molecule has 0 bridgehead atoms. The van der Waals surface area contributed by atoms with Crippen LogP contribution < -0.4 is 5.32 Å². The normalized spacial score (nSPS) is 24.7. The van der Waals surface area contributed by atoms with E-state index in [1.54, 1.807) is 4.68 Å². The summed E-state index contributed by atoms with van der Waals surface area (Å²) in [7, 11) is 1.91. The Hall–Kier alpha value is -0.940. The van der Waals surface area contributed by atoms with Crippen LogP contribution in [0.15, 0.2) is 6.20 Å². The zero-order valence-corrected chi connectivity index (χ0v) is 11.6. The highest BCUT2D eigenvalue weighted by molar-refractivity contribution is 5.00. The van der Waals surface area contributed by atoms with Crippen molar-refractivity contribution >= 4 is 0 Å². The summed E-state index contributed by atoms with van der Waals surface area (Å²) in [4.78, 5) is 0. The summed E-state index contributed by atoms with van der Waals surface area (Å²) in [6.07, 6.45) is 5.29. The smallest absolute Gasteiger partial charge is 0.0833 e. The topological polar surface area (TPSA) is 52.0 Å². The Bertz CT molecular complexity index is 369. The molecule has 18 heavy (non-hydrogen) atoms. The summed E-state index contributed by atoms with van der Waals surface area (Å²) in [6, 6.07) is 0.505. The van der Waals surface area contributed by atoms with Crippen molar-refractivity contribution in [3.05, 3.63) is 11.9 Å². The SMILES string of the molecule is CC(C)NCC1(Cc2cn(C)nn2)CCCOC1. The van der Waals surface area contributed by atoms with Crippen LogP contribution in [-0.4, -0.2) is 40.8 Å². The van der Waals surface area contributed by atoms with Crippen LogP contribution in [0, 0.1) is 5.41 Å². The number of hydrogen-bond donors (Lipinski definition) is 1. The molecule has 5 heteroatoms. The van der Waals surface area contributed by atoms with Crippen molar-refractivity contribution in [2.24, 2.45) is 12.5 Å². The van der Waals surface area contributed by atoms with E-state index < -0.39 is 0 Å². The molecular weight excluding hydrogens is 228 g/mol. The highest BCUT2D eigenvalue weighted by Gasteiger charge is 2.34. The fourth-order valence-corrected chi connectivity index (χ4v) is 2.53. The lowest BCUT2D eigenvalue weighted by Gasteiger charge is -2.37. The van der Waals surface area contributed by atoms with Gasteiger partial charge in [-0.2, -0.15) is 0 Å². The molecule has 1 aliphatic heterocycles. The van der Waals surface area contributed by atoms with Crippen molar-refractivity contribution in [3.63, 3.8) is 0 Å². The van der Waals surface area contributed by atoms with Gasteiger partial charge in [0.1, 0.15) is 0 Å². The Balaban J connectivity index is 2.03. The van der Waals surface area contributed by atoms with Crippen molar-refractivity contribution < 1.29 is 4.74 Å². The minimum absolute atomic E-state index is 0.179. The van der Waals surface area contributed by atoms with Crippen LogP contribution in [0.25, 0.3) is 0 Å². The molecule has 1 unspecified atom stereocenters. The van der Waals surface area contributed by atoms with Crippen molar-refractivity contribution in [2.45, 2.75) is 39.2 Å². The van der Waals surface area contributed by atoms with Gasteiger partial charge in [0.15, 0.2) is 0 Å². The van der Waals surface area contributed by atoms with Crippen LogP contribution in [0.3, 0.4) is 0 Å². The molecule has 1 aromatic heterocycles. The standard InChI is InChI=1S/C13H24N4O/c1-11(2)14-9-13(5-4-6-18-10-13)7-12-8-17(3)16-15-12/h8,11,14H,4-7,9-10H2,1-3H3. The molecule has 2 heterocycles. The zero-order valence-electron chi connectivity index (χ0n) is 11.6. The summed E-state index contributed by atoms with van der Waals surface area (Å²) >= 11 is 0. The predicted octanol–water partition coefficient (Wildman–Crippen LogP) is 1.15. The number of aromatic nitrogens is 3. The molecule has 1 atom stereocenters. The maximum atomic E-state index is 5.70. The third-order valence-corrected chi connectivity index (χ3v) is 3.50. The van der Waals surface area contributed by atoms with Gasteiger partial charge in [-0.15, -0.1) is 5.10 Å². The first kappa shape index (κ1) is 13.5. The molecule has 1 aromatic rings. The monoisotopic (exact) mass is 252 g/mol. The molecule has 2 rings (SSSR count). The average Bonchev–Trinajstić information content (AvgIpc) is 2.73. The van der Waals surface area contributed by atoms with E-state index in [-0.39, 0.29) is 5.41 Å². The molecule has 1 fully saturated rings. The number of ether oxygens (including phenoxy) is 1. The van der Waals surface area contributed by atoms with Crippen molar-refractivity contribution in [1.29, 1.82) is 0 Å². The van der Waals surface area contributed by atoms with Gasteiger partial charge < -0.3 is 10.1 Å². The molecule has 1 N–H and O–H groups in total. The Labute approximate surface area is 109 Å². The first-order valence-corrected chi connectivity index (χ1v) is 6.76. The van der Waals surface area contributed by atoms with Gasteiger partial charge in [0.2, 0.25) is 0 Å². The first-order valence-electron chi connectivity index (χ1n) is 6.76. The lowest BCUT2D eigenvalue weighted by molar-refractivity contribution is -0.00851. The molecule has 0 aliphatic carbocycles. The molecule has 0 amide bonds. The van der Waals surface area contributed by atoms with Gasteiger partial charge in [-0.25, -0.2) is 0 Å². The van der Waals surface area contributed by atoms with Crippen LogP contribution in [0.1, 0.15) is 32.4 Å². The molecular formula is C13H24N4O. The summed E-state index contributed by atoms with van der Waals surface area (Å²) in [5, 5.41) is 11.8. The third kappa shape index (κ3) is 3.53. The highest BCUT2D eigenvalue weighted by atomic mass is 16.5. The van der Waals surface area contributed by atoms with E-state index in [1.807, 2.05) is 13.2 Å². The fourth-order valence-electron chi connectivity index (χ4n) is 2.53. The van der Waals surface area contributed by atoms with E-state index in [9.17, 15) is 0 Å². The van der Waals surface area contributed by atoms with Crippen LogP contribution in [0.2, 0.25) is 0 Å². The predicted molar refractivity (Wildman–Crippen MR) is 70.3 cm³/mol. The molecule has 5 nitrogen and oxygen atoms in total. The zero-order chi connectivity index (χ0) is 13.0. The van der Waals surface area contributed by atoms with Gasteiger partial charge in [0.05, 0.1) is 12.3 Å². The van der Waals surface area contributed by atoms with Gasteiger partial charge in [-0.05, 0) is 12.8 Å². The van der Waals surface area contributed by atoms with Crippen LogP contribution >= 0.6 is 0 Å². The quantitative estimate of drug-likeness (QED) is 0.854. The second kappa shape index (κ2) is 5.80. The summed E-state index contributed by atoms with van der Waals surface area (Å²) in [5.41, 5.74) is 1.24. The van der Waals surface area contributed by atoms with Crippen LogP contribution in [0.5, 0.6) is 0 Å². The van der Waals surface area contributed by atoms with E-state index in [2.05, 4.69) is 29.5 Å². The summed E-state index contributed by atoms with van der Waals surface area (Å²) < 4.78 is 7.47. The number of nitrogens with zero attached hydrogens (tertiary/aromatic N) is 3. The lowest BCUT2D eigenvalue weighted by Crippen LogP contribution is -2.44. The Morgan fingerprint density at radius 1 is 1.56 bits per heavy atom. The molecule has 0 spiro atoms. The molecule has 0 saturated carbocycles. The van der Waals surface area contributed by atoms with E-state index in [0.29, 0.717) is 6.04 Å². The van der Waals surface area contributed by atoms with Crippen molar-refractivity contribution in [2.75, 3.05) is 19.8 Å². The van der Waals surface area contributed by atoms with E-state index in [1.165, 1.54) is 6.42 Å². The van der Waals surface area contributed by atoms with Gasteiger partial charge in [-0.1, -0.05) is 19.1 Å². The van der Waals surface area contributed by atoms with Gasteiger partial charge in [0.25, 0.3) is 0 Å². The van der Waals surface area contributed by atoms with Crippen molar-refractivity contribution in [3.8, 4) is 0 Å². The van der Waals surface area contributed by atoms with Gasteiger partial charge >= 0.3 is 0 Å². The minimum Gasteiger partial charge on any atom is -0.381 e.